The van der Waals surface area contributed by atoms with Crippen molar-refractivity contribution in [2.75, 3.05) is 134 Å². The SMILES string of the molecule is COCCN(CCOC)c1nc(N2CCC(OC)CC2)c2nc(N(CCOC)CCOC)nc(N3CCC(C#N)CC3)c2n1. The van der Waals surface area contributed by atoms with Crippen LogP contribution in [0.4, 0.5) is 23.5 Å². The molecular formula is C30H49N9O5. The zero-order valence-corrected chi connectivity index (χ0v) is 27.0. The number of piperidine rings is 2. The Balaban J connectivity index is 1.91. The highest BCUT2D eigenvalue weighted by Crippen LogP contribution is 2.35. The number of anilines is 4. The topological polar surface area (TPSA) is 134 Å². The average Bonchev–Trinajstić information content (AvgIpc) is 3.07. The molecule has 14 heteroatoms. The number of methoxy groups -OCH3 is 5. The Hall–Kier alpha value is -3.09. The van der Waals surface area contributed by atoms with Crippen LogP contribution in [0.25, 0.3) is 11.0 Å². The largest absolute Gasteiger partial charge is 0.383 e. The van der Waals surface area contributed by atoms with Crippen molar-refractivity contribution in [1.29, 1.82) is 5.26 Å². The van der Waals surface area contributed by atoms with Gasteiger partial charge in [0.2, 0.25) is 11.9 Å². The summed E-state index contributed by atoms with van der Waals surface area (Å²) in [5.41, 5.74) is 1.42. The molecule has 244 valence electrons. The molecule has 0 N–H and O–H groups in total. The lowest BCUT2D eigenvalue weighted by molar-refractivity contribution is 0.0818. The number of ether oxygens (including phenoxy) is 5. The quantitative estimate of drug-likeness (QED) is 0.257. The van der Waals surface area contributed by atoms with Gasteiger partial charge in [0.15, 0.2) is 11.6 Å². The first-order valence-corrected chi connectivity index (χ1v) is 15.5. The van der Waals surface area contributed by atoms with E-state index in [1.165, 1.54) is 0 Å². The van der Waals surface area contributed by atoms with Crippen LogP contribution in [0.15, 0.2) is 0 Å². The van der Waals surface area contributed by atoms with E-state index < -0.39 is 0 Å². The maximum Gasteiger partial charge on any atom is 0.228 e. The van der Waals surface area contributed by atoms with Gasteiger partial charge in [-0.1, -0.05) is 0 Å². The second-order valence-electron chi connectivity index (χ2n) is 11.1. The Kier molecular flexibility index (Phi) is 13.4. The number of fused-ring (bicyclic) bond motifs is 1. The number of hydrogen-bond acceptors (Lipinski definition) is 14. The van der Waals surface area contributed by atoms with Crippen LogP contribution >= 0.6 is 0 Å². The molecular weight excluding hydrogens is 566 g/mol. The molecule has 2 saturated heterocycles. The zero-order valence-electron chi connectivity index (χ0n) is 27.0. The van der Waals surface area contributed by atoms with Gasteiger partial charge in [0.1, 0.15) is 11.0 Å². The summed E-state index contributed by atoms with van der Waals surface area (Å²) in [4.78, 5) is 29.4. The fourth-order valence-electron chi connectivity index (χ4n) is 5.64. The second kappa shape index (κ2) is 17.4. The lowest BCUT2D eigenvalue weighted by Gasteiger charge is -2.35. The standard InChI is InChI=1S/C30H49N9O5/c1-40-18-14-38(15-19-41-2)29-33-26-25(27(34-29)36-10-6-23(22-31)7-11-36)32-30(39(16-20-42-3)17-21-43-4)35-28(26)37-12-8-24(44-5)9-13-37/h23-24H,6-21H2,1-5H3. The maximum absolute atomic E-state index is 9.57. The third-order valence-electron chi connectivity index (χ3n) is 8.36. The predicted octanol–water partition coefficient (Wildman–Crippen LogP) is 1.97. The van der Waals surface area contributed by atoms with Crippen molar-refractivity contribution in [1.82, 2.24) is 19.9 Å². The molecule has 0 aromatic carbocycles. The molecule has 2 aliphatic heterocycles. The first-order valence-electron chi connectivity index (χ1n) is 15.5. The van der Waals surface area contributed by atoms with Crippen molar-refractivity contribution in [3.63, 3.8) is 0 Å². The van der Waals surface area contributed by atoms with Crippen LogP contribution < -0.4 is 19.6 Å². The first-order chi connectivity index (χ1) is 21.6. The zero-order chi connectivity index (χ0) is 31.3. The number of hydrogen-bond donors (Lipinski definition) is 0. The molecule has 2 aromatic rings. The van der Waals surface area contributed by atoms with Crippen LogP contribution in [0.2, 0.25) is 0 Å². The molecule has 0 unspecified atom stereocenters. The molecule has 0 spiro atoms. The molecule has 0 atom stereocenters. The minimum Gasteiger partial charge on any atom is -0.383 e. The highest BCUT2D eigenvalue weighted by Gasteiger charge is 2.29. The molecule has 2 aromatic heterocycles. The van der Waals surface area contributed by atoms with E-state index in [-0.39, 0.29) is 12.0 Å². The molecule has 14 nitrogen and oxygen atoms in total. The third kappa shape index (κ3) is 8.54. The lowest BCUT2D eigenvalue weighted by atomic mass is 9.98. The Morgan fingerprint density at radius 1 is 0.636 bits per heavy atom. The summed E-state index contributed by atoms with van der Waals surface area (Å²) < 4.78 is 27.4. The molecule has 2 fully saturated rings. The minimum absolute atomic E-state index is 0.0418. The normalized spacial score (nSPS) is 16.5. The van der Waals surface area contributed by atoms with E-state index in [1.54, 1.807) is 35.5 Å². The van der Waals surface area contributed by atoms with Crippen molar-refractivity contribution >= 4 is 34.6 Å². The summed E-state index contributed by atoms with van der Waals surface area (Å²) in [7, 11) is 8.54. The average molecular weight is 616 g/mol. The van der Waals surface area contributed by atoms with Crippen LogP contribution in [0.5, 0.6) is 0 Å². The Morgan fingerprint density at radius 2 is 1.02 bits per heavy atom. The summed E-state index contributed by atoms with van der Waals surface area (Å²) >= 11 is 0. The van der Waals surface area contributed by atoms with Crippen LogP contribution in [-0.4, -0.2) is 140 Å². The van der Waals surface area contributed by atoms with Crippen LogP contribution in [0, 0.1) is 17.2 Å². The van der Waals surface area contributed by atoms with Crippen LogP contribution in [0.1, 0.15) is 25.7 Å². The van der Waals surface area contributed by atoms with Crippen LogP contribution in [0.3, 0.4) is 0 Å². The molecule has 0 bridgehead atoms. The minimum atomic E-state index is 0.0418. The van der Waals surface area contributed by atoms with E-state index in [9.17, 15) is 5.26 Å². The van der Waals surface area contributed by atoms with Crippen molar-refractivity contribution < 1.29 is 23.7 Å². The molecule has 4 rings (SSSR count). The third-order valence-corrected chi connectivity index (χ3v) is 8.36. The van der Waals surface area contributed by atoms with E-state index in [0.29, 0.717) is 88.6 Å². The molecule has 44 heavy (non-hydrogen) atoms. The van der Waals surface area contributed by atoms with Crippen molar-refractivity contribution in [2.24, 2.45) is 5.92 Å². The Morgan fingerprint density at radius 3 is 1.36 bits per heavy atom. The number of nitriles is 1. The summed E-state index contributed by atoms with van der Waals surface area (Å²) in [5, 5.41) is 9.57. The van der Waals surface area contributed by atoms with Crippen molar-refractivity contribution in [3.8, 4) is 6.07 Å². The smallest absolute Gasteiger partial charge is 0.228 e. The maximum atomic E-state index is 9.57. The van der Waals surface area contributed by atoms with Gasteiger partial charge >= 0.3 is 0 Å². The van der Waals surface area contributed by atoms with Gasteiger partial charge in [-0.05, 0) is 25.7 Å². The lowest BCUT2D eigenvalue weighted by Crippen LogP contribution is -2.39. The van der Waals surface area contributed by atoms with E-state index >= 15 is 0 Å². The van der Waals surface area contributed by atoms with Crippen molar-refractivity contribution in [3.05, 3.63) is 0 Å². The van der Waals surface area contributed by atoms with E-state index in [2.05, 4.69) is 25.7 Å². The van der Waals surface area contributed by atoms with Crippen LogP contribution in [-0.2, 0) is 23.7 Å². The van der Waals surface area contributed by atoms with Gasteiger partial charge in [0.25, 0.3) is 0 Å². The van der Waals surface area contributed by atoms with Gasteiger partial charge < -0.3 is 43.3 Å². The second-order valence-corrected chi connectivity index (χ2v) is 11.1. The predicted molar refractivity (Wildman–Crippen MR) is 170 cm³/mol. The van der Waals surface area contributed by atoms with Gasteiger partial charge in [0, 0.05) is 93.8 Å². The van der Waals surface area contributed by atoms with E-state index in [4.69, 9.17) is 43.6 Å². The molecule has 0 amide bonds. The van der Waals surface area contributed by atoms with Gasteiger partial charge in [-0.2, -0.15) is 15.2 Å². The fourth-order valence-corrected chi connectivity index (χ4v) is 5.64. The van der Waals surface area contributed by atoms with Gasteiger partial charge in [0.05, 0.1) is 38.6 Å². The molecule has 0 saturated carbocycles. The number of rotatable bonds is 17. The number of nitrogens with zero attached hydrogens (tertiary/aromatic N) is 9. The van der Waals surface area contributed by atoms with E-state index in [1.807, 2.05) is 0 Å². The monoisotopic (exact) mass is 615 g/mol. The highest BCUT2D eigenvalue weighted by molar-refractivity contribution is 5.95. The molecule has 0 radical (unpaired) electrons. The summed E-state index contributed by atoms with van der Waals surface area (Å²) in [6.45, 7) is 7.54. The van der Waals surface area contributed by atoms with Gasteiger partial charge in [-0.25, -0.2) is 9.97 Å². The van der Waals surface area contributed by atoms with Crippen molar-refractivity contribution in [2.45, 2.75) is 31.8 Å². The van der Waals surface area contributed by atoms with E-state index in [0.717, 1.165) is 50.4 Å². The summed E-state index contributed by atoms with van der Waals surface area (Å²) in [5.74, 6) is 2.77. The summed E-state index contributed by atoms with van der Waals surface area (Å²) in [6, 6.07) is 2.44. The van der Waals surface area contributed by atoms with Gasteiger partial charge in [-0.3, -0.25) is 0 Å². The molecule has 0 aliphatic carbocycles. The fraction of sp³-hybridized carbons (Fsp3) is 0.767. The Labute approximate surface area is 261 Å². The number of aromatic nitrogens is 4. The highest BCUT2D eigenvalue weighted by atomic mass is 16.5. The first kappa shape index (κ1) is 33.8. The molecule has 2 aliphatic rings. The molecule has 4 heterocycles. The van der Waals surface area contributed by atoms with Gasteiger partial charge in [-0.15, -0.1) is 0 Å². The summed E-state index contributed by atoms with van der Waals surface area (Å²) in [6.07, 6.45) is 3.57. The Bertz CT molecular complexity index is 1180.